The van der Waals surface area contributed by atoms with Crippen molar-refractivity contribution < 1.29 is 19.2 Å². The van der Waals surface area contributed by atoms with Crippen molar-refractivity contribution in [2.75, 3.05) is 16.0 Å². The molecule has 1 heterocycles. The Kier molecular flexibility index (Phi) is 12.3. The molecule has 0 saturated heterocycles. The van der Waals surface area contributed by atoms with Crippen molar-refractivity contribution in [1.82, 2.24) is 5.32 Å². The van der Waals surface area contributed by atoms with Gasteiger partial charge >= 0.3 is 0 Å². The molecule has 0 aliphatic carbocycles. The number of amides is 4. The first-order valence-corrected chi connectivity index (χ1v) is 17.8. The lowest BCUT2D eigenvalue weighted by atomic mass is 10.1. The summed E-state index contributed by atoms with van der Waals surface area (Å²) in [6.45, 7) is 3.37. The van der Waals surface area contributed by atoms with Crippen molar-refractivity contribution in [3.05, 3.63) is 146 Å². The Morgan fingerprint density at radius 3 is 2.20 bits per heavy atom. The lowest BCUT2D eigenvalue weighted by Crippen LogP contribution is -2.30. The largest absolute Gasteiger partial charge is 0.321 e. The molecule has 0 saturated carbocycles. The van der Waals surface area contributed by atoms with Gasteiger partial charge in [0.05, 0.1) is 15.7 Å². The predicted octanol–water partition coefficient (Wildman–Crippen LogP) is 9.02. The number of nitrogens with zero attached hydrogens (tertiary/aromatic N) is 1. The first-order chi connectivity index (χ1) is 24.5. The average molecular weight is 755 g/mol. The van der Waals surface area contributed by atoms with E-state index < -0.39 is 17.1 Å². The fraction of sp³-hybridized carbons (Fsp3) is 0.0789. The molecule has 4 aromatic carbocycles. The molecule has 5 aromatic rings. The summed E-state index contributed by atoms with van der Waals surface area (Å²) in [5.74, 6) is -1.86. The minimum absolute atomic E-state index is 0.0600. The standard InChI is InChI=1S/C38H29Cl2N5O4S2/c1-22-30(21-41)38(51-33(22)37(49)42-27-12-7-4-8-13-27)45-34(46)23(2)50-29-15-9-14-28(20-29)43-36(48)32(18-25-16-17-26(39)19-31(25)40)44-35(47)24-10-5-3-6-11-24/h3-20,23H,1-2H3,(H,42,49)(H,43,48)(H,44,47)(H,45,46)/b32-18+. The van der Waals surface area contributed by atoms with Gasteiger partial charge in [0.1, 0.15) is 16.8 Å². The van der Waals surface area contributed by atoms with Crippen molar-refractivity contribution >= 4 is 92.4 Å². The number of carbonyl (C=O) groups is 4. The molecule has 1 unspecified atom stereocenters. The van der Waals surface area contributed by atoms with Gasteiger partial charge in [-0.15, -0.1) is 23.1 Å². The highest BCUT2D eigenvalue weighted by Gasteiger charge is 2.24. The van der Waals surface area contributed by atoms with Crippen molar-refractivity contribution in [3.8, 4) is 6.07 Å². The fourth-order valence-corrected chi connectivity index (χ4v) is 7.14. The smallest absolute Gasteiger partial charge is 0.272 e. The first-order valence-electron chi connectivity index (χ1n) is 15.3. The van der Waals surface area contributed by atoms with Crippen molar-refractivity contribution in [2.45, 2.75) is 24.0 Å². The molecule has 0 spiro atoms. The van der Waals surface area contributed by atoms with Crippen molar-refractivity contribution in [1.29, 1.82) is 5.26 Å². The highest BCUT2D eigenvalue weighted by molar-refractivity contribution is 8.00. The van der Waals surface area contributed by atoms with Gasteiger partial charge in [-0.05, 0) is 85.6 Å². The number of hydrogen-bond acceptors (Lipinski definition) is 7. The van der Waals surface area contributed by atoms with Crippen LogP contribution in [0.4, 0.5) is 16.4 Å². The predicted molar refractivity (Wildman–Crippen MR) is 206 cm³/mol. The van der Waals surface area contributed by atoms with Crippen LogP contribution in [0.3, 0.4) is 0 Å². The Hall–Kier alpha value is -5.38. The Bertz CT molecular complexity index is 2180. The quantitative estimate of drug-likeness (QED) is 0.0784. The van der Waals surface area contributed by atoms with Crippen LogP contribution < -0.4 is 21.3 Å². The minimum Gasteiger partial charge on any atom is -0.321 e. The summed E-state index contributed by atoms with van der Waals surface area (Å²) in [6, 6.07) is 31.2. The Morgan fingerprint density at radius 1 is 0.824 bits per heavy atom. The number of nitrogens with one attached hydrogen (secondary N) is 4. The van der Waals surface area contributed by atoms with Gasteiger partial charge in [0.2, 0.25) is 5.91 Å². The molecule has 0 bridgehead atoms. The maximum atomic E-state index is 13.6. The van der Waals surface area contributed by atoms with E-state index in [-0.39, 0.29) is 28.1 Å². The minimum atomic E-state index is -0.626. The number of hydrogen-bond donors (Lipinski definition) is 4. The molecular weight excluding hydrogens is 725 g/mol. The number of halogens is 2. The molecule has 1 atom stereocenters. The molecule has 256 valence electrons. The molecule has 51 heavy (non-hydrogen) atoms. The van der Waals surface area contributed by atoms with Gasteiger partial charge in [-0.1, -0.05) is 71.7 Å². The van der Waals surface area contributed by atoms with E-state index in [4.69, 9.17) is 23.2 Å². The van der Waals surface area contributed by atoms with Gasteiger partial charge in [-0.2, -0.15) is 5.26 Å². The van der Waals surface area contributed by atoms with E-state index in [9.17, 15) is 24.4 Å². The number of carbonyl (C=O) groups excluding carboxylic acids is 4. The van der Waals surface area contributed by atoms with Crippen molar-refractivity contribution in [2.24, 2.45) is 0 Å². The average Bonchev–Trinajstić information content (AvgIpc) is 3.44. The van der Waals surface area contributed by atoms with Crippen LogP contribution in [0.1, 0.15) is 43.6 Å². The Labute approximate surface area is 312 Å². The van der Waals surface area contributed by atoms with Gasteiger partial charge in [-0.25, -0.2) is 0 Å². The number of para-hydroxylation sites is 1. The Balaban J connectivity index is 1.28. The number of benzene rings is 4. The number of nitriles is 1. The summed E-state index contributed by atoms with van der Waals surface area (Å²) in [4.78, 5) is 53.8. The van der Waals surface area contributed by atoms with Crippen LogP contribution in [0.5, 0.6) is 0 Å². The third-order valence-electron chi connectivity index (χ3n) is 7.30. The van der Waals surface area contributed by atoms with E-state index in [0.29, 0.717) is 47.9 Å². The molecule has 4 amide bonds. The summed E-state index contributed by atoms with van der Waals surface area (Å²) in [6.07, 6.45) is 1.46. The van der Waals surface area contributed by atoms with Gasteiger partial charge < -0.3 is 21.3 Å². The summed E-state index contributed by atoms with van der Waals surface area (Å²) < 4.78 is 0. The van der Waals surface area contributed by atoms with Crippen LogP contribution in [0, 0.1) is 18.3 Å². The van der Waals surface area contributed by atoms with E-state index >= 15 is 0 Å². The fourth-order valence-electron chi connectivity index (χ4n) is 4.70. The van der Waals surface area contributed by atoms with E-state index in [1.165, 1.54) is 23.9 Å². The molecule has 1 aromatic heterocycles. The molecular formula is C38H29Cl2N5O4S2. The number of thioether (sulfide) groups is 1. The summed E-state index contributed by atoms with van der Waals surface area (Å²) in [7, 11) is 0. The number of anilines is 3. The van der Waals surface area contributed by atoms with Crippen LogP contribution in [0.15, 0.2) is 114 Å². The van der Waals surface area contributed by atoms with E-state index in [1.54, 1.807) is 105 Å². The second-order valence-electron chi connectivity index (χ2n) is 11.0. The van der Waals surface area contributed by atoms with E-state index in [2.05, 4.69) is 27.3 Å². The van der Waals surface area contributed by atoms with Crippen molar-refractivity contribution in [3.63, 3.8) is 0 Å². The summed E-state index contributed by atoms with van der Waals surface area (Å²) in [5, 5.41) is 21.3. The maximum absolute atomic E-state index is 13.6. The van der Waals surface area contributed by atoms with Crippen LogP contribution >= 0.6 is 46.3 Å². The van der Waals surface area contributed by atoms with Gasteiger partial charge in [0.25, 0.3) is 17.7 Å². The molecule has 0 fully saturated rings. The van der Waals surface area contributed by atoms with Gasteiger partial charge in [0, 0.05) is 31.9 Å². The third kappa shape index (κ3) is 9.66. The first kappa shape index (κ1) is 36.9. The van der Waals surface area contributed by atoms with Gasteiger partial charge in [0.15, 0.2) is 0 Å². The lowest BCUT2D eigenvalue weighted by Gasteiger charge is -2.14. The zero-order valence-corrected chi connectivity index (χ0v) is 30.3. The molecule has 0 radical (unpaired) electrons. The third-order valence-corrected chi connectivity index (χ3v) is 10.2. The van der Waals surface area contributed by atoms with E-state index in [0.717, 1.165) is 11.3 Å². The molecule has 13 heteroatoms. The zero-order valence-electron chi connectivity index (χ0n) is 27.1. The number of thiophene rings is 1. The topological polar surface area (TPSA) is 140 Å². The second kappa shape index (κ2) is 17.0. The van der Waals surface area contributed by atoms with Crippen LogP contribution in [0.25, 0.3) is 6.08 Å². The maximum Gasteiger partial charge on any atom is 0.272 e. The normalized spacial score (nSPS) is 11.5. The van der Waals surface area contributed by atoms with Crippen LogP contribution in [-0.4, -0.2) is 28.9 Å². The SMILES string of the molecule is Cc1c(C(=O)Nc2ccccc2)sc(NC(=O)C(C)Sc2cccc(NC(=O)/C(=C\c3ccc(Cl)cc3Cl)NC(=O)c3ccccc3)c2)c1C#N. The Morgan fingerprint density at radius 2 is 1.51 bits per heavy atom. The molecule has 4 N–H and O–H groups in total. The molecule has 0 aliphatic rings. The summed E-state index contributed by atoms with van der Waals surface area (Å²) >= 11 is 14.7. The van der Waals surface area contributed by atoms with E-state index in [1.807, 2.05) is 6.07 Å². The monoisotopic (exact) mass is 753 g/mol. The highest BCUT2D eigenvalue weighted by atomic mass is 35.5. The molecule has 9 nitrogen and oxygen atoms in total. The zero-order chi connectivity index (χ0) is 36.5. The molecule has 0 aliphatic heterocycles. The second-order valence-corrected chi connectivity index (χ2v) is 14.2. The lowest BCUT2D eigenvalue weighted by molar-refractivity contribution is -0.115. The van der Waals surface area contributed by atoms with Crippen LogP contribution in [-0.2, 0) is 9.59 Å². The number of rotatable bonds is 11. The molecule has 5 rings (SSSR count). The van der Waals surface area contributed by atoms with Crippen LogP contribution in [0.2, 0.25) is 10.0 Å². The van der Waals surface area contributed by atoms with Gasteiger partial charge in [-0.3, -0.25) is 19.2 Å². The summed E-state index contributed by atoms with van der Waals surface area (Å²) in [5.41, 5.74) is 2.48. The highest BCUT2D eigenvalue weighted by Crippen LogP contribution is 2.34.